The summed E-state index contributed by atoms with van der Waals surface area (Å²) in [5.41, 5.74) is -0.316. The molecule has 4 aliphatic rings. The molecule has 0 spiro atoms. The van der Waals surface area contributed by atoms with E-state index in [4.69, 9.17) is 4.74 Å². The molecule has 2 aromatic rings. The molecule has 0 heterocycles. The van der Waals surface area contributed by atoms with Gasteiger partial charge in [0.1, 0.15) is 5.75 Å². The topological polar surface area (TPSA) is 63.6 Å². The maximum absolute atomic E-state index is 14.9. The number of esters is 1. The number of rotatable bonds is 23. The lowest BCUT2D eigenvalue weighted by Crippen LogP contribution is -2.75. The minimum absolute atomic E-state index is 0.0266. The van der Waals surface area contributed by atoms with E-state index >= 15 is 0 Å². The zero-order chi connectivity index (χ0) is 73.0. The van der Waals surface area contributed by atoms with E-state index in [0.29, 0.717) is 17.8 Å². The van der Waals surface area contributed by atoms with Crippen molar-refractivity contribution in [2.45, 2.75) is 249 Å². The fraction of sp³-hybridized carbons (Fsp3) is 0.763. The number of carboxylic acid groups (broad SMARTS) is 1. The average Bonchev–Trinajstić information content (AvgIpc) is 0.702. The number of halogens is 32. The molecule has 1 N–H and O–H groups in total. The molecule has 95 heavy (non-hydrogen) atoms. The first-order chi connectivity index (χ1) is 42.9. The fourth-order valence-corrected chi connectivity index (χ4v) is 12.9. The van der Waals surface area contributed by atoms with Crippen LogP contribution >= 0.6 is 0 Å². The molecule has 0 unspecified atom stereocenters. The average molecular weight is 1440 g/mol. The number of alkyl halides is 32. The second-order valence-corrected chi connectivity index (χ2v) is 24.9. The Labute approximate surface area is 520 Å². The van der Waals surface area contributed by atoms with Gasteiger partial charge < -0.3 is 9.84 Å². The summed E-state index contributed by atoms with van der Waals surface area (Å²) in [6, 6.07) is 12.2. The van der Waals surface area contributed by atoms with Crippen molar-refractivity contribution in [2.75, 3.05) is 0 Å². The van der Waals surface area contributed by atoms with E-state index in [0.717, 1.165) is 88.2 Å². The third kappa shape index (κ3) is 14.0. The molecule has 4 fully saturated rings. The van der Waals surface area contributed by atoms with Crippen molar-refractivity contribution in [3.63, 3.8) is 0 Å². The normalized spacial score (nSPS) is 25.1. The highest BCUT2D eigenvalue weighted by molar-refractivity contribution is 5.81. The van der Waals surface area contributed by atoms with E-state index in [-0.39, 0.29) is 17.2 Å². The number of carbonyl (C=O) groups is 2. The Bertz CT molecular complexity index is 2870. The molecule has 4 aliphatic carbocycles. The van der Waals surface area contributed by atoms with Crippen LogP contribution in [0.4, 0.5) is 140 Å². The van der Waals surface area contributed by atoms with Gasteiger partial charge in [0.25, 0.3) is 0 Å². The van der Waals surface area contributed by atoms with Crippen LogP contribution in [0.5, 0.6) is 5.75 Å². The van der Waals surface area contributed by atoms with Crippen molar-refractivity contribution >= 4 is 11.9 Å². The van der Waals surface area contributed by atoms with Gasteiger partial charge in [-0.25, -0.2) is 0 Å². The van der Waals surface area contributed by atoms with E-state index in [2.05, 4.69) is 13.8 Å². The van der Waals surface area contributed by atoms with E-state index in [1.807, 2.05) is 0 Å². The Kier molecular flexibility index (Phi) is 23.3. The van der Waals surface area contributed by atoms with Crippen molar-refractivity contribution in [1.29, 1.82) is 0 Å². The maximum Gasteiger partial charge on any atom is 0.460 e. The van der Waals surface area contributed by atoms with E-state index in [9.17, 15) is 155 Å². The molecule has 0 aromatic heterocycles. The number of carbonyl (C=O) groups excluding carboxylic acids is 1. The van der Waals surface area contributed by atoms with Gasteiger partial charge >= 0.3 is 101 Å². The molecule has 0 bridgehead atoms. The second-order valence-electron chi connectivity index (χ2n) is 24.9. The lowest BCUT2D eigenvalue weighted by molar-refractivity contribution is -0.463. The van der Waals surface area contributed by atoms with Gasteiger partial charge in [-0.3, -0.25) is 9.59 Å². The minimum atomic E-state index is -8.69. The zero-order valence-electron chi connectivity index (χ0n) is 49.6. The summed E-state index contributed by atoms with van der Waals surface area (Å²) < 4.78 is 442. The first kappa shape index (κ1) is 80.8. The molecule has 0 atom stereocenters. The lowest BCUT2D eigenvalue weighted by atomic mass is 9.64. The van der Waals surface area contributed by atoms with Crippen LogP contribution in [0.2, 0.25) is 0 Å². The predicted octanol–water partition coefficient (Wildman–Crippen LogP) is 22.1. The molecule has 0 amide bonds. The number of ether oxygens (including phenoxy) is 1. The third-order valence-electron chi connectivity index (χ3n) is 19.0. The van der Waals surface area contributed by atoms with Crippen LogP contribution in [-0.4, -0.2) is 106 Å². The molecule has 0 saturated heterocycles. The molecule has 4 saturated carbocycles. The fourth-order valence-electron chi connectivity index (χ4n) is 12.9. The van der Waals surface area contributed by atoms with Crippen molar-refractivity contribution in [2.24, 2.45) is 29.6 Å². The van der Waals surface area contributed by atoms with Gasteiger partial charge in [0.15, 0.2) is 0 Å². The van der Waals surface area contributed by atoms with Crippen LogP contribution in [0.25, 0.3) is 0 Å². The van der Waals surface area contributed by atoms with Gasteiger partial charge in [0, 0.05) is 11.8 Å². The first-order valence-corrected chi connectivity index (χ1v) is 29.6. The second kappa shape index (κ2) is 27.3. The molecule has 0 radical (unpaired) electrons. The SMILES string of the molecule is CCCC1CCC(c2ccc(C3(C(=O)O)CCC(C(F)(F)C(F)(F)C(F)(F)C(F)(F)C(F)(F)C(F)(F)C(F)(F)C(F)(F)F)CC3)cc2)CC1.CCCC1CCC(c2ccc(OC(=O)C3CCC(C(F)(F)C(F)(F)C(F)(F)C(F)(F)C(F)(F)C(F)(F)C(F)(F)F)CC3)cc2)CC1. The smallest absolute Gasteiger partial charge is 0.460 e. The van der Waals surface area contributed by atoms with Crippen molar-refractivity contribution < 1.29 is 160 Å². The zero-order valence-corrected chi connectivity index (χ0v) is 49.6. The van der Waals surface area contributed by atoms with Gasteiger partial charge in [-0.05, 0) is 155 Å². The van der Waals surface area contributed by atoms with Gasteiger partial charge in [0.05, 0.1) is 11.3 Å². The molecule has 0 aliphatic heterocycles. The summed E-state index contributed by atoms with van der Waals surface area (Å²) in [6.45, 7) is 4.17. The van der Waals surface area contributed by atoms with E-state index < -0.39 is 176 Å². The highest BCUT2D eigenvalue weighted by Gasteiger charge is 2.96. The Morgan fingerprint density at radius 3 is 0.958 bits per heavy atom. The minimum Gasteiger partial charge on any atom is -0.481 e. The Morgan fingerprint density at radius 2 is 0.663 bits per heavy atom. The van der Waals surface area contributed by atoms with Gasteiger partial charge in [-0.1, -0.05) is 75.9 Å². The van der Waals surface area contributed by atoms with Crippen LogP contribution in [0.3, 0.4) is 0 Å². The molecule has 4 nitrogen and oxygen atoms in total. The Balaban J connectivity index is 0.000000345. The standard InChI is InChI=1S/C30H31F17O2.C29H31F15O2/c1-2-3-16-4-6-17(7-5-16)18-8-10-19(11-9-18)22(21(48)49)14-12-20(13-15-22)23(31,32)24(33,34)25(35,36)26(37,38)27(39,40)28(41,42)29(43,44)30(45,46)47;1-2-3-16-4-6-17(7-5-16)18-10-14-21(15-11-18)46-22(45)19-8-12-20(13-9-19)23(30,31)24(32,33)25(34,35)26(36,37)27(38,39)28(40,41)29(42,43)44/h8-11,16-17,20H,2-7,12-15H2,1H3,(H,48,49);10-11,14-17,19-20H,2-9,12-13H2,1H3. The van der Waals surface area contributed by atoms with Crippen molar-refractivity contribution in [3.8, 4) is 5.75 Å². The molecular formula is C59H62F32O4. The summed E-state index contributed by atoms with van der Waals surface area (Å²) >= 11 is 0. The number of benzene rings is 2. The molecule has 6 rings (SSSR count). The predicted molar refractivity (Wildman–Crippen MR) is 271 cm³/mol. The van der Waals surface area contributed by atoms with Crippen LogP contribution in [0, 0.1) is 29.6 Å². The lowest BCUT2D eigenvalue weighted by Gasteiger charge is -2.46. The third-order valence-corrected chi connectivity index (χ3v) is 19.0. The quantitative estimate of drug-likeness (QED) is 0.0684. The first-order valence-electron chi connectivity index (χ1n) is 29.6. The van der Waals surface area contributed by atoms with Crippen LogP contribution in [-0.2, 0) is 15.0 Å². The number of hydrogen-bond donors (Lipinski definition) is 1. The summed E-state index contributed by atoms with van der Waals surface area (Å²) in [4.78, 5) is 24.9. The van der Waals surface area contributed by atoms with Crippen LogP contribution in [0.15, 0.2) is 48.5 Å². The van der Waals surface area contributed by atoms with Crippen LogP contribution in [0.1, 0.15) is 171 Å². The monoisotopic (exact) mass is 1440 g/mol. The number of aliphatic carboxylic acids is 1. The highest BCUT2D eigenvalue weighted by Crippen LogP contribution is 2.67. The van der Waals surface area contributed by atoms with E-state index in [1.54, 1.807) is 24.3 Å². The Hall–Kier alpha value is -4.86. The number of hydrogen-bond acceptors (Lipinski definition) is 3. The summed E-state index contributed by atoms with van der Waals surface area (Å²) in [6.07, 6.45) is -12.4. The summed E-state index contributed by atoms with van der Waals surface area (Å²) in [5, 5.41) is 9.96. The molecule has 2 aromatic carbocycles. The molecule has 36 heteroatoms. The molecule has 546 valence electrons. The molecular weight excluding hydrogens is 1380 g/mol. The van der Waals surface area contributed by atoms with Gasteiger partial charge in [-0.2, -0.15) is 140 Å². The largest absolute Gasteiger partial charge is 0.481 e. The van der Waals surface area contributed by atoms with Crippen LogP contribution < -0.4 is 4.74 Å². The number of carboxylic acids is 1. The Morgan fingerprint density at radius 1 is 0.379 bits per heavy atom. The van der Waals surface area contributed by atoms with Crippen molar-refractivity contribution in [3.05, 3.63) is 65.2 Å². The van der Waals surface area contributed by atoms with Crippen molar-refractivity contribution in [1.82, 2.24) is 0 Å². The van der Waals surface area contributed by atoms with Gasteiger partial charge in [-0.15, -0.1) is 0 Å². The van der Waals surface area contributed by atoms with Gasteiger partial charge in [0.2, 0.25) is 0 Å². The highest BCUT2D eigenvalue weighted by atomic mass is 19.4. The summed E-state index contributed by atoms with van der Waals surface area (Å²) in [5.74, 6) is -112. The maximum atomic E-state index is 14.9. The summed E-state index contributed by atoms with van der Waals surface area (Å²) in [7, 11) is 0. The van der Waals surface area contributed by atoms with E-state index in [1.165, 1.54) is 24.3 Å².